The SMILES string of the molecule is Cc1ccc2c(c1)C1(c3nccc4ccccc34)NCCN1C2=S. The molecule has 2 aliphatic rings. The van der Waals surface area contributed by atoms with Crippen molar-refractivity contribution >= 4 is 28.0 Å². The molecule has 118 valence electrons. The van der Waals surface area contributed by atoms with Gasteiger partial charge in [-0.1, -0.05) is 60.2 Å². The second kappa shape index (κ2) is 4.85. The summed E-state index contributed by atoms with van der Waals surface area (Å²) in [4.78, 5) is 8.05. The summed E-state index contributed by atoms with van der Waals surface area (Å²) in [5.74, 6) is 0. The van der Waals surface area contributed by atoms with Crippen LogP contribution < -0.4 is 5.32 Å². The van der Waals surface area contributed by atoms with Gasteiger partial charge in [-0.2, -0.15) is 0 Å². The van der Waals surface area contributed by atoms with Gasteiger partial charge in [0.25, 0.3) is 0 Å². The third-order valence-corrected chi connectivity index (χ3v) is 5.62. The molecular formula is C20H17N3S. The minimum Gasteiger partial charge on any atom is -0.334 e. The fourth-order valence-corrected chi connectivity index (χ4v) is 4.55. The van der Waals surface area contributed by atoms with Gasteiger partial charge in [-0.05, 0) is 18.4 Å². The van der Waals surface area contributed by atoms with Crippen molar-refractivity contribution in [3.05, 3.63) is 77.1 Å². The lowest BCUT2D eigenvalue weighted by molar-refractivity contribution is 0.276. The molecule has 5 rings (SSSR count). The number of rotatable bonds is 1. The molecule has 3 nitrogen and oxygen atoms in total. The third-order valence-electron chi connectivity index (χ3n) is 5.18. The van der Waals surface area contributed by atoms with E-state index in [2.05, 4.69) is 65.7 Å². The zero-order chi connectivity index (χ0) is 16.3. The highest BCUT2D eigenvalue weighted by Gasteiger charge is 2.53. The normalized spacial score (nSPS) is 22.0. The molecule has 1 atom stereocenters. The smallest absolute Gasteiger partial charge is 0.163 e. The van der Waals surface area contributed by atoms with E-state index in [9.17, 15) is 0 Å². The minimum atomic E-state index is -0.445. The van der Waals surface area contributed by atoms with Crippen molar-refractivity contribution in [1.29, 1.82) is 0 Å². The Bertz CT molecular complexity index is 992. The van der Waals surface area contributed by atoms with Gasteiger partial charge in [0.05, 0.1) is 5.69 Å². The number of nitrogens with one attached hydrogen (secondary N) is 1. The van der Waals surface area contributed by atoms with Gasteiger partial charge in [0.2, 0.25) is 0 Å². The number of hydrogen-bond donors (Lipinski definition) is 1. The van der Waals surface area contributed by atoms with E-state index in [1.165, 1.54) is 21.9 Å². The molecule has 2 aliphatic heterocycles. The summed E-state index contributed by atoms with van der Waals surface area (Å²) < 4.78 is 0. The molecule has 0 radical (unpaired) electrons. The van der Waals surface area contributed by atoms with Crippen LogP contribution in [0.2, 0.25) is 0 Å². The molecule has 2 aromatic carbocycles. The molecule has 3 heterocycles. The Labute approximate surface area is 146 Å². The summed E-state index contributed by atoms with van der Waals surface area (Å²) in [6, 6.07) is 17.1. The van der Waals surface area contributed by atoms with Crippen molar-refractivity contribution in [2.45, 2.75) is 12.6 Å². The van der Waals surface area contributed by atoms with Crippen LogP contribution >= 0.6 is 12.2 Å². The molecule has 1 aromatic heterocycles. The van der Waals surface area contributed by atoms with Gasteiger partial charge in [-0.3, -0.25) is 10.3 Å². The van der Waals surface area contributed by atoms with E-state index < -0.39 is 5.66 Å². The van der Waals surface area contributed by atoms with Gasteiger partial charge < -0.3 is 4.90 Å². The van der Waals surface area contributed by atoms with E-state index >= 15 is 0 Å². The van der Waals surface area contributed by atoms with E-state index in [1.54, 1.807) is 0 Å². The number of benzene rings is 2. The molecule has 3 aromatic rings. The van der Waals surface area contributed by atoms with Gasteiger partial charge in [0.15, 0.2) is 5.66 Å². The molecule has 0 spiro atoms. The lowest BCUT2D eigenvalue weighted by Crippen LogP contribution is -2.47. The molecule has 0 saturated carbocycles. The highest BCUT2D eigenvalue weighted by atomic mass is 32.1. The van der Waals surface area contributed by atoms with Gasteiger partial charge in [-0.15, -0.1) is 0 Å². The molecular weight excluding hydrogens is 314 g/mol. The van der Waals surface area contributed by atoms with Crippen LogP contribution in [0.5, 0.6) is 0 Å². The quantitative estimate of drug-likeness (QED) is 0.692. The van der Waals surface area contributed by atoms with Crippen molar-refractivity contribution in [2.24, 2.45) is 0 Å². The number of aromatic nitrogens is 1. The number of fused-ring (bicyclic) bond motifs is 4. The van der Waals surface area contributed by atoms with E-state index in [-0.39, 0.29) is 0 Å². The van der Waals surface area contributed by atoms with Gasteiger partial charge >= 0.3 is 0 Å². The van der Waals surface area contributed by atoms with Crippen LogP contribution in [0.3, 0.4) is 0 Å². The number of nitrogens with zero attached hydrogens (tertiary/aromatic N) is 2. The first-order valence-electron chi connectivity index (χ1n) is 8.24. The van der Waals surface area contributed by atoms with Crippen LogP contribution in [0, 0.1) is 6.92 Å². The summed E-state index contributed by atoms with van der Waals surface area (Å²) in [6.07, 6.45) is 1.90. The molecule has 4 heteroatoms. The number of thiocarbonyl (C=S) groups is 1. The van der Waals surface area contributed by atoms with Crippen molar-refractivity contribution < 1.29 is 0 Å². The second-order valence-corrected chi connectivity index (χ2v) is 6.91. The van der Waals surface area contributed by atoms with E-state index in [4.69, 9.17) is 17.2 Å². The molecule has 1 N–H and O–H groups in total. The van der Waals surface area contributed by atoms with Gasteiger partial charge in [0.1, 0.15) is 4.99 Å². The van der Waals surface area contributed by atoms with Crippen LogP contribution in [-0.4, -0.2) is 28.0 Å². The maximum Gasteiger partial charge on any atom is 0.163 e. The standard InChI is InChI=1S/C20H17N3S/c1-13-6-7-16-17(12-13)20(22-10-11-23(20)19(16)24)18-15-5-3-2-4-14(15)8-9-21-18/h2-9,12,22H,10-11H2,1H3. The minimum absolute atomic E-state index is 0.445. The Morgan fingerprint density at radius 1 is 1.17 bits per heavy atom. The molecule has 1 saturated heterocycles. The lowest BCUT2D eigenvalue weighted by Gasteiger charge is -2.34. The van der Waals surface area contributed by atoms with Crippen molar-refractivity contribution in [1.82, 2.24) is 15.2 Å². The van der Waals surface area contributed by atoms with Crippen LogP contribution in [0.4, 0.5) is 0 Å². The van der Waals surface area contributed by atoms with Crippen LogP contribution in [0.25, 0.3) is 10.8 Å². The molecule has 1 fully saturated rings. The van der Waals surface area contributed by atoms with E-state index in [1.807, 2.05) is 6.20 Å². The Hall–Kier alpha value is -2.30. The zero-order valence-electron chi connectivity index (χ0n) is 13.4. The maximum absolute atomic E-state index is 5.81. The highest BCUT2D eigenvalue weighted by molar-refractivity contribution is 7.80. The Morgan fingerprint density at radius 3 is 2.96 bits per heavy atom. The summed E-state index contributed by atoms with van der Waals surface area (Å²) in [6.45, 7) is 3.93. The van der Waals surface area contributed by atoms with Crippen molar-refractivity contribution in [2.75, 3.05) is 13.1 Å². The summed E-state index contributed by atoms with van der Waals surface area (Å²) >= 11 is 5.81. The largest absolute Gasteiger partial charge is 0.334 e. The molecule has 0 bridgehead atoms. The van der Waals surface area contributed by atoms with Crippen LogP contribution in [0.1, 0.15) is 22.4 Å². The summed E-state index contributed by atoms with van der Waals surface area (Å²) in [7, 11) is 0. The predicted molar refractivity (Wildman–Crippen MR) is 100 cm³/mol. The number of aryl methyl sites for hydroxylation is 1. The average molecular weight is 331 g/mol. The highest BCUT2D eigenvalue weighted by Crippen LogP contribution is 2.46. The number of pyridine rings is 1. The van der Waals surface area contributed by atoms with Crippen LogP contribution in [-0.2, 0) is 5.66 Å². The fourth-order valence-electron chi connectivity index (χ4n) is 4.14. The third kappa shape index (κ3) is 1.65. The Balaban J connectivity index is 1.89. The van der Waals surface area contributed by atoms with E-state index in [0.29, 0.717) is 0 Å². The molecule has 24 heavy (non-hydrogen) atoms. The topological polar surface area (TPSA) is 28.2 Å². The van der Waals surface area contributed by atoms with E-state index in [0.717, 1.165) is 29.3 Å². The second-order valence-electron chi connectivity index (χ2n) is 6.52. The lowest BCUT2D eigenvalue weighted by atomic mass is 9.91. The fraction of sp³-hybridized carbons (Fsp3) is 0.200. The van der Waals surface area contributed by atoms with Crippen LogP contribution in [0.15, 0.2) is 54.7 Å². The Morgan fingerprint density at radius 2 is 2.04 bits per heavy atom. The average Bonchev–Trinajstić information content (AvgIpc) is 3.14. The number of hydrogen-bond acceptors (Lipinski definition) is 3. The molecule has 0 aliphatic carbocycles. The zero-order valence-corrected chi connectivity index (χ0v) is 14.2. The van der Waals surface area contributed by atoms with Gasteiger partial charge in [-0.25, -0.2) is 0 Å². The van der Waals surface area contributed by atoms with Gasteiger partial charge in [0, 0.05) is 35.8 Å². The summed E-state index contributed by atoms with van der Waals surface area (Å²) in [5.41, 5.74) is 4.22. The Kier molecular flexibility index (Phi) is 2.84. The van der Waals surface area contributed by atoms with Crippen molar-refractivity contribution in [3.8, 4) is 0 Å². The molecule has 0 amide bonds. The van der Waals surface area contributed by atoms with Crippen molar-refractivity contribution in [3.63, 3.8) is 0 Å². The first-order valence-corrected chi connectivity index (χ1v) is 8.65. The first-order chi connectivity index (χ1) is 11.7. The predicted octanol–water partition coefficient (Wildman–Crippen LogP) is 3.34. The summed E-state index contributed by atoms with van der Waals surface area (Å²) in [5, 5.41) is 6.11. The maximum atomic E-state index is 5.81. The first kappa shape index (κ1) is 14.1. The monoisotopic (exact) mass is 331 g/mol. The molecule has 1 unspecified atom stereocenters.